The van der Waals surface area contributed by atoms with Crippen LogP contribution in [0.5, 0.6) is 5.75 Å². The summed E-state index contributed by atoms with van der Waals surface area (Å²) in [5.41, 5.74) is 1.78. The van der Waals surface area contributed by atoms with Crippen LogP contribution >= 0.6 is 11.6 Å². The van der Waals surface area contributed by atoms with Crippen LogP contribution in [0.4, 0.5) is 11.4 Å². The van der Waals surface area contributed by atoms with Gasteiger partial charge >= 0.3 is 5.97 Å². The zero-order chi connectivity index (χ0) is 21.4. The third kappa shape index (κ3) is 3.80. The zero-order valence-electron chi connectivity index (χ0n) is 16.3. The number of benzene rings is 2. The number of amides is 3. The van der Waals surface area contributed by atoms with Crippen molar-refractivity contribution in [2.24, 2.45) is 5.92 Å². The number of aryl methyl sites for hydroxylation is 1. The Morgan fingerprint density at radius 3 is 2.43 bits per heavy atom. The number of ether oxygens (including phenoxy) is 1. The molecule has 30 heavy (non-hydrogen) atoms. The summed E-state index contributed by atoms with van der Waals surface area (Å²) < 4.78 is 5.47. The molecule has 0 aromatic heterocycles. The second-order valence-electron chi connectivity index (χ2n) is 7.38. The van der Waals surface area contributed by atoms with Crippen molar-refractivity contribution in [3.63, 3.8) is 0 Å². The largest absolute Gasteiger partial charge is 0.426 e. The molecule has 0 aliphatic carbocycles. The summed E-state index contributed by atoms with van der Waals surface area (Å²) in [6.07, 6.45) is 0.459. The fourth-order valence-corrected chi connectivity index (χ4v) is 3.93. The van der Waals surface area contributed by atoms with Gasteiger partial charge in [0.15, 0.2) is 0 Å². The first kappa shape index (κ1) is 20.1. The molecule has 2 aliphatic rings. The van der Waals surface area contributed by atoms with Crippen LogP contribution < -0.4 is 14.5 Å². The van der Waals surface area contributed by atoms with Gasteiger partial charge in [0.1, 0.15) is 5.75 Å². The SMILES string of the molecule is Cc1cc(OC(=O)[C@H]2CC(=O)N(c3cccc(Cl)c3)C2)ccc1N1C(=O)CCC1=O. The van der Waals surface area contributed by atoms with Crippen LogP contribution in [0.25, 0.3) is 0 Å². The molecule has 8 heteroatoms. The van der Waals surface area contributed by atoms with Crippen molar-refractivity contribution < 1.29 is 23.9 Å². The highest BCUT2D eigenvalue weighted by Gasteiger charge is 2.37. The molecule has 154 valence electrons. The highest BCUT2D eigenvalue weighted by molar-refractivity contribution is 6.31. The molecule has 2 aromatic rings. The molecule has 0 unspecified atom stereocenters. The monoisotopic (exact) mass is 426 g/mol. The Labute approximate surface area is 178 Å². The minimum atomic E-state index is -0.599. The van der Waals surface area contributed by atoms with Gasteiger partial charge in [-0.25, -0.2) is 0 Å². The van der Waals surface area contributed by atoms with Gasteiger partial charge in [0, 0.05) is 36.5 Å². The molecule has 7 nitrogen and oxygen atoms in total. The number of anilines is 2. The summed E-state index contributed by atoms with van der Waals surface area (Å²) in [6, 6.07) is 11.7. The molecule has 3 amide bonds. The summed E-state index contributed by atoms with van der Waals surface area (Å²) in [4.78, 5) is 51.6. The van der Waals surface area contributed by atoms with Crippen molar-refractivity contribution in [3.8, 4) is 5.75 Å². The Hall–Kier alpha value is -3.19. The number of imide groups is 1. The van der Waals surface area contributed by atoms with Gasteiger partial charge < -0.3 is 9.64 Å². The van der Waals surface area contributed by atoms with E-state index in [0.29, 0.717) is 27.7 Å². The van der Waals surface area contributed by atoms with E-state index < -0.39 is 11.9 Å². The Morgan fingerprint density at radius 2 is 1.77 bits per heavy atom. The number of esters is 1. The van der Waals surface area contributed by atoms with Crippen LogP contribution in [0.2, 0.25) is 5.02 Å². The smallest absolute Gasteiger partial charge is 0.316 e. The molecular weight excluding hydrogens is 408 g/mol. The van der Waals surface area contributed by atoms with Crippen LogP contribution in [0.15, 0.2) is 42.5 Å². The number of halogens is 1. The lowest BCUT2D eigenvalue weighted by atomic mass is 10.1. The maximum absolute atomic E-state index is 12.6. The molecule has 0 radical (unpaired) electrons. The van der Waals surface area contributed by atoms with Gasteiger partial charge in [-0.1, -0.05) is 17.7 Å². The van der Waals surface area contributed by atoms with Crippen LogP contribution in [0.1, 0.15) is 24.8 Å². The van der Waals surface area contributed by atoms with Crippen molar-refractivity contribution >= 4 is 46.7 Å². The molecule has 2 aromatic carbocycles. The summed E-state index contributed by atoms with van der Waals surface area (Å²) in [5, 5.41) is 0.511. The topological polar surface area (TPSA) is 84.0 Å². The Kier molecular flexibility index (Phi) is 5.30. The summed E-state index contributed by atoms with van der Waals surface area (Å²) >= 11 is 5.99. The predicted molar refractivity (Wildman–Crippen MR) is 110 cm³/mol. The second kappa shape index (κ2) is 7.91. The van der Waals surface area contributed by atoms with Gasteiger partial charge in [0.05, 0.1) is 11.6 Å². The summed E-state index contributed by atoms with van der Waals surface area (Å²) in [6.45, 7) is 1.96. The van der Waals surface area contributed by atoms with Gasteiger partial charge in [-0.05, 0) is 48.9 Å². The molecule has 2 aliphatic heterocycles. The average Bonchev–Trinajstić information content (AvgIpc) is 3.25. The van der Waals surface area contributed by atoms with Crippen molar-refractivity contribution in [1.29, 1.82) is 0 Å². The maximum Gasteiger partial charge on any atom is 0.316 e. The Bertz CT molecular complexity index is 1050. The molecule has 0 spiro atoms. The van der Waals surface area contributed by atoms with Gasteiger partial charge in [0.2, 0.25) is 17.7 Å². The van der Waals surface area contributed by atoms with E-state index in [2.05, 4.69) is 0 Å². The van der Waals surface area contributed by atoms with Crippen molar-refractivity contribution in [2.75, 3.05) is 16.3 Å². The van der Waals surface area contributed by atoms with E-state index in [1.165, 1.54) is 9.80 Å². The van der Waals surface area contributed by atoms with E-state index >= 15 is 0 Å². The van der Waals surface area contributed by atoms with E-state index in [-0.39, 0.29) is 43.5 Å². The van der Waals surface area contributed by atoms with Gasteiger partial charge in [-0.2, -0.15) is 0 Å². The number of carbonyl (C=O) groups is 4. The fourth-order valence-electron chi connectivity index (χ4n) is 3.75. The van der Waals surface area contributed by atoms with Gasteiger partial charge in [-0.3, -0.25) is 24.1 Å². The first-order chi connectivity index (χ1) is 14.3. The molecule has 2 fully saturated rings. The Balaban J connectivity index is 1.45. The fraction of sp³-hybridized carbons (Fsp3) is 0.273. The highest BCUT2D eigenvalue weighted by Crippen LogP contribution is 2.31. The summed E-state index contributed by atoms with van der Waals surface area (Å²) in [7, 11) is 0. The van der Waals surface area contributed by atoms with Crippen LogP contribution in [-0.4, -0.2) is 30.2 Å². The molecule has 2 heterocycles. The average molecular weight is 427 g/mol. The van der Waals surface area contributed by atoms with E-state index in [1.54, 1.807) is 49.4 Å². The van der Waals surface area contributed by atoms with E-state index in [1.807, 2.05) is 0 Å². The lowest BCUT2D eigenvalue weighted by Gasteiger charge is -2.18. The normalized spacial score (nSPS) is 19.0. The molecule has 0 saturated carbocycles. The molecule has 4 rings (SSSR count). The van der Waals surface area contributed by atoms with E-state index in [4.69, 9.17) is 16.3 Å². The number of carbonyl (C=O) groups excluding carboxylic acids is 4. The van der Waals surface area contributed by atoms with Gasteiger partial charge in [-0.15, -0.1) is 0 Å². The Morgan fingerprint density at radius 1 is 1.03 bits per heavy atom. The predicted octanol–water partition coefficient (Wildman–Crippen LogP) is 3.26. The second-order valence-corrected chi connectivity index (χ2v) is 7.81. The molecule has 1 atom stereocenters. The van der Waals surface area contributed by atoms with Crippen LogP contribution in [0.3, 0.4) is 0 Å². The number of hydrogen-bond acceptors (Lipinski definition) is 5. The standard InChI is InChI=1S/C22H19ClN2O5/c1-13-9-17(5-6-18(13)25-19(26)7-8-20(25)27)30-22(29)14-10-21(28)24(12-14)16-4-2-3-15(23)11-16/h2-6,9,11,14H,7-8,10,12H2,1H3/t14-/m0/s1. The quantitative estimate of drug-likeness (QED) is 0.425. The number of rotatable bonds is 4. The number of nitrogens with zero attached hydrogens (tertiary/aromatic N) is 2. The van der Waals surface area contributed by atoms with Crippen LogP contribution in [0, 0.1) is 12.8 Å². The molecular formula is C22H19ClN2O5. The lowest BCUT2D eigenvalue weighted by molar-refractivity contribution is -0.139. The minimum absolute atomic E-state index is 0.0548. The maximum atomic E-state index is 12.6. The molecule has 0 bridgehead atoms. The lowest BCUT2D eigenvalue weighted by Crippen LogP contribution is -2.29. The first-order valence-corrected chi connectivity index (χ1v) is 9.95. The zero-order valence-corrected chi connectivity index (χ0v) is 17.0. The molecule has 0 N–H and O–H groups in total. The molecule has 2 saturated heterocycles. The van der Waals surface area contributed by atoms with Crippen molar-refractivity contribution in [1.82, 2.24) is 0 Å². The number of hydrogen-bond donors (Lipinski definition) is 0. The first-order valence-electron chi connectivity index (χ1n) is 9.57. The van der Waals surface area contributed by atoms with Crippen molar-refractivity contribution in [2.45, 2.75) is 26.2 Å². The third-order valence-corrected chi connectivity index (χ3v) is 5.49. The highest BCUT2D eigenvalue weighted by atomic mass is 35.5. The summed E-state index contributed by atoms with van der Waals surface area (Å²) in [5.74, 6) is -1.45. The van der Waals surface area contributed by atoms with Crippen LogP contribution in [-0.2, 0) is 19.2 Å². The van der Waals surface area contributed by atoms with Gasteiger partial charge in [0.25, 0.3) is 0 Å². The third-order valence-electron chi connectivity index (χ3n) is 5.26. The van der Waals surface area contributed by atoms with Crippen molar-refractivity contribution in [3.05, 3.63) is 53.1 Å². The van der Waals surface area contributed by atoms with E-state index in [9.17, 15) is 19.2 Å². The van der Waals surface area contributed by atoms with E-state index in [0.717, 1.165) is 0 Å². The minimum Gasteiger partial charge on any atom is -0.426 e.